The number of halogens is 1. The van der Waals surface area contributed by atoms with Crippen molar-refractivity contribution in [3.63, 3.8) is 0 Å². The molecule has 0 spiro atoms. The van der Waals surface area contributed by atoms with Crippen LogP contribution >= 0.6 is 15.9 Å². The van der Waals surface area contributed by atoms with Gasteiger partial charge in [0.15, 0.2) is 0 Å². The van der Waals surface area contributed by atoms with Crippen molar-refractivity contribution in [2.45, 2.75) is 26.8 Å². The van der Waals surface area contributed by atoms with Crippen molar-refractivity contribution in [3.05, 3.63) is 33.2 Å². The van der Waals surface area contributed by atoms with Gasteiger partial charge in [0.2, 0.25) is 0 Å². The number of nitriles is 1. The van der Waals surface area contributed by atoms with Crippen molar-refractivity contribution in [2.24, 2.45) is 5.41 Å². The van der Waals surface area contributed by atoms with Crippen LogP contribution in [0.4, 0.5) is 0 Å². The highest BCUT2D eigenvalue weighted by Crippen LogP contribution is 2.19. The summed E-state index contributed by atoms with van der Waals surface area (Å²) in [7, 11) is 0. The van der Waals surface area contributed by atoms with Gasteiger partial charge in [-0.3, -0.25) is 4.79 Å². The van der Waals surface area contributed by atoms with Crippen molar-refractivity contribution in [3.8, 4) is 6.07 Å². The van der Waals surface area contributed by atoms with Gasteiger partial charge in [-0.2, -0.15) is 5.26 Å². The maximum absolute atomic E-state index is 11.6. The summed E-state index contributed by atoms with van der Waals surface area (Å²) in [6, 6.07) is 5.75. The molecule has 4 heteroatoms. The summed E-state index contributed by atoms with van der Waals surface area (Å²) >= 11 is 3.19. The van der Waals surface area contributed by atoms with Crippen LogP contribution in [-0.4, -0.2) is 4.57 Å². The van der Waals surface area contributed by atoms with Crippen LogP contribution in [0.25, 0.3) is 0 Å². The van der Waals surface area contributed by atoms with Crippen LogP contribution in [-0.2, 0) is 6.54 Å². The van der Waals surface area contributed by atoms with E-state index in [4.69, 9.17) is 5.26 Å². The van der Waals surface area contributed by atoms with Gasteiger partial charge in [0.05, 0.1) is 16.0 Å². The van der Waals surface area contributed by atoms with E-state index >= 15 is 0 Å². The Kier molecular flexibility index (Phi) is 3.70. The molecule has 1 aromatic rings. The minimum absolute atomic E-state index is 0.0498. The Morgan fingerprint density at radius 2 is 2.27 bits per heavy atom. The number of hydrogen-bond donors (Lipinski definition) is 0. The number of aryl methyl sites for hydroxylation is 1. The maximum Gasteiger partial charge on any atom is 0.264 e. The van der Waals surface area contributed by atoms with Crippen molar-refractivity contribution in [1.29, 1.82) is 5.26 Å². The van der Waals surface area contributed by atoms with Crippen molar-refractivity contribution >= 4 is 15.9 Å². The third kappa shape index (κ3) is 3.21. The molecule has 0 N–H and O–H groups in total. The van der Waals surface area contributed by atoms with Crippen LogP contribution in [0, 0.1) is 16.7 Å². The highest BCUT2D eigenvalue weighted by atomic mass is 79.9. The zero-order valence-electron chi connectivity index (χ0n) is 8.83. The number of pyridine rings is 1. The van der Waals surface area contributed by atoms with E-state index in [9.17, 15) is 4.79 Å². The fourth-order valence-electron chi connectivity index (χ4n) is 1.14. The van der Waals surface area contributed by atoms with Crippen LogP contribution in [0.1, 0.15) is 20.3 Å². The summed E-state index contributed by atoms with van der Waals surface area (Å²) in [5, 5.41) is 8.85. The fraction of sp³-hybridized carbons (Fsp3) is 0.455. The van der Waals surface area contributed by atoms with Crippen LogP contribution in [0.3, 0.4) is 0 Å². The predicted molar refractivity (Wildman–Crippen MR) is 62.4 cm³/mol. The van der Waals surface area contributed by atoms with Crippen molar-refractivity contribution in [1.82, 2.24) is 4.57 Å². The van der Waals surface area contributed by atoms with E-state index < -0.39 is 0 Å². The van der Waals surface area contributed by atoms with Crippen LogP contribution < -0.4 is 5.56 Å². The first-order valence-electron chi connectivity index (χ1n) is 4.72. The monoisotopic (exact) mass is 268 g/mol. The van der Waals surface area contributed by atoms with Gasteiger partial charge in [0, 0.05) is 12.7 Å². The molecule has 1 aromatic heterocycles. The quantitative estimate of drug-likeness (QED) is 0.846. The van der Waals surface area contributed by atoms with Gasteiger partial charge in [-0.25, -0.2) is 0 Å². The van der Waals surface area contributed by atoms with Crippen LogP contribution in [0.5, 0.6) is 0 Å². The first-order valence-corrected chi connectivity index (χ1v) is 5.52. The Morgan fingerprint density at radius 3 is 2.87 bits per heavy atom. The molecule has 1 rings (SSSR count). The van der Waals surface area contributed by atoms with Gasteiger partial charge in [-0.15, -0.1) is 0 Å². The summed E-state index contributed by atoms with van der Waals surface area (Å²) < 4.78 is 2.17. The van der Waals surface area contributed by atoms with Gasteiger partial charge in [-0.1, -0.05) is 0 Å². The average Bonchev–Trinajstić information content (AvgIpc) is 2.20. The molecule has 0 aliphatic heterocycles. The first-order chi connectivity index (χ1) is 6.96. The summed E-state index contributed by atoms with van der Waals surface area (Å²) in [6.07, 6.45) is 2.40. The molecule has 0 unspecified atom stereocenters. The van der Waals surface area contributed by atoms with E-state index in [1.54, 1.807) is 16.8 Å². The standard InChI is InChI=1S/C11H13BrN2O/c1-11(2,8-13)5-7-14-6-3-4-9(12)10(14)15/h3-4,6H,5,7H2,1-2H3. The smallest absolute Gasteiger partial charge is 0.264 e. The summed E-state index contributed by atoms with van der Waals surface area (Å²) in [4.78, 5) is 11.6. The molecule has 0 bridgehead atoms. The lowest BCUT2D eigenvalue weighted by Crippen LogP contribution is -2.22. The average molecular weight is 269 g/mol. The SMILES string of the molecule is CC(C)(C#N)CCn1cccc(Br)c1=O. The molecule has 15 heavy (non-hydrogen) atoms. The third-order valence-corrected chi connectivity index (χ3v) is 2.86. The van der Waals surface area contributed by atoms with Crippen LogP contribution in [0.15, 0.2) is 27.6 Å². The van der Waals surface area contributed by atoms with E-state index in [1.807, 2.05) is 19.9 Å². The van der Waals surface area contributed by atoms with E-state index in [0.717, 1.165) is 0 Å². The minimum Gasteiger partial charge on any atom is -0.315 e. The molecule has 0 aliphatic rings. The third-order valence-electron chi connectivity index (χ3n) is 2.25. The highest BCUT2D eigenvalue weighted by molar-refractivity contribution is 9.10. The molecular formula is C11H13BrN2O. The Labute approximate surface area is 97.5 Å². The second-order valence-corrected chi connectivity index (χ2v) is 4.95. The Morgan fingerprint density at radius 1 is 1.60 bits per heavy atom. The van der Waals surface area contributed by atoms with Gasteiger partial charge >= 0.3 is 0 Å². The number of aromatic nitrogens is 1. The maximum atomic E-state index is 11.6. The molecule has 0 aliphatic carbocycles. The first kappa shape index (κ1) is 12.0. The zero-order chi connectivity index (χ0) is 11.5. The largest absolute Gasteiger partial charge is 0.315 e. The molecule has 0 radical (unpaired) electrons. The molecule has 80 valence electrons. The lowest BCUT2D eigenvalue weighted by Gasteiger charge is -2.15. The normalized spacial score (nSPS) is 11.1. The summed E-state index contributed by atoms with van der Waals surface area (Å²) in [6.45, 7) is 4.31. The fourth-order valence-corrected chi connectivity index (χ4v) is 1.52. The minimum atomic E-state index is -0.387. The molecule has 0 aromatic carbocycles. The predicted octanol–water partition coefficient (Wildman–Crippen LogP) is 2.55. The number of rotatable bonds is 3. The van der Waals surface area contributed by atoms with E-state index in [1.165, 1.54) is 0 Å². The molecule has 0 amide bonds. The highest BCUT2D eigenvalue weighted by Gasteiger charge is 2.16. The summed E-state index contributed by atoms with van der Waals surface area (Å²) in [5.41, 5.74) is -0.437. The van der Waals surface area contributed by atoms with Gasteiger partial charge in [0.1, 0.15) is 0 Å². The molecule has 0 atom stereocenters. The molecular weight excluding hydrogens is 256 g/mol. The van der Waals surface area contributed by atoms with Crippen molar-refractivity contribution < 1.29 is 0 Å². The van der Waals surface area contributed by atoms with Gasteiger partial charge in [0.25, 0.3) is 5.56 Å². The van der Waals surface area contributed by atoms with Gasteiger partial charge in [-0.05, 0) is 48.3 Å². The number of hydrogen-bond acceptors (Lipinski definition) is 2. The molecule has 0 saturated heterocycles. The molecule has 0 saturated carbocycles. The topological polar surface area (TPSA) is 45.8 Å². The van der Waals surface area contributed by atoms with E-state index in [2.05, 4.69) is 22.0 Å². The Hall–Kier alpha value is -1.08. The molecule has 3 nitrogen and oxygen atoms in total. The lowest BCUT2D eigenvalue weighted by atomic mass is 9.91. The van der Waals surface area contributed by atoms with Crippen molar-refractivity contribution in [2.75, 3.05) is 0 Å². The Bertz CT molecular complexity index is 443. The zero-order valence-corrected chi connectivity index (χ0v) is 10.4. The Balaban J connectivity index is 2.80. The summed E-state index contributed by atoms with van der Waals surface area (Å²) in [5.74, 6) is 0. The lowest BCUT2D eigenvalue weighted by molar-refractivity contribution is 0.409. The van der Waals surface area contributed by atoms with Crippen LogP contribution in [0.2, 0.25) is 0 Å². The van der Waals surface area contributed by atoms with E-state index in [0.29, 0.717) is 17.4 Å². The molecule has 0 fully saturated rings. The number of nitrogens with zero attached hydrogens (tertiary/aromatic N) is 2. The van der Waals surface area contributed by atoms with E-state index in [-0.39, 0.29) is 11.0 Å². The molecule has 1 heterocycles. The second-order valence-electron chi connectivity index (χ2n) is 4.10. The second kappa shape index (κ2) is 4.63. The van der Waals surface area contributed by atoms with Gasteiger partial charge < -0.3 is 4.57 Å².